The highest BCUT2D eigenvalue weighted by Gasteiger charge is 2.37. The number of fused-ring (bicyclic) bond motifs is 1. The molecule has 204 valence electrons. The number of hydrogen-bond donors (Lipinski definition) is 2. The van der Waals surface area contributed by atoms with E-state index in [1.54, 1.807) is 54.8 Å². The number of aromatic nitrogens is 3. The van der Waals surface area contributed by atoms with E-state index < -0.39 is 23.7 Å². The first-order chi connectivity index (χ1) is 19.0. The Hall–Kier alpha value is -5.00. The molecule has 9 nitrogen and oxygen atoms in total. The standard InChI is InChI=1S/C28H24F3N7O2/c1-16-9-10-20(34-25(39)18-6-4-7-19(12-18)28(29,30)31)13-23(16)38-17(2)22-15-33-26(35-21-8-5-11-32-14-21)36-24(22)37(3)27(38)40/h4-15,17H,1-3H3,(H,34,39)(H,33,35,36). The average molecular weight is 548 g/mol. The summed E-state index contributed by atoms with van der Waals surface area (Å²) in [5, 5.41) is 5.71. The number of nitrogens with one attached hydrogen (secondary N) is 2. The third kappa shape index (κ3) is 5.15. The number of aryl methyl sites for hydroxylation is 1. The third-order valence-corrected chi connectivity index (χ3v) is 6.54. The molecule has 0 spiro atoms. The number of carbonyl (C=O) groups excluding carboxylic acids is 2. The van der Waals surface area contributed by atoms with E-state index in [-0.39, 0.29) is 11.6 Å². The fourth-order valence-electron chi connectivity index (χ4n) is 4.43. The second-order valence-corrected chi connectivity index (χ2v) is 9.26. The number of rotatable bonds is 5. The van der Waals surface area contributed by atoms with Crippen molar-refractivity contribution in [3.05, 3.63) is 95.4 Å². The number of amides is 3. The zero-order valence-corrected chi connectivity index (χ0v) is 21.7. The number of anilines is 5. The second kappa shape index (κ2) is 10.3. The summed E-state index contributed by atoms with van der Waals surface area (Å²) in [5.74, 6) is 0.0489. The summed E-state index contributed by atoms with van der Waals surface area (Å²) in [6.45, 7) is 3.66. The van der Waals surface area contributed by atoms with Gasteiger partial charge in [0.1, 0.15) is 5.82 Å². The van der Waals surface area contributed by atoms with Crippen LogP contribution in [0.25, 0.3) is 0 Å². The van der Waals surface area contributed by atoms with Gasteiger partial charge in [-0.3, -0.25) is 19.6 Å². The van der Waals surface area contributed by atoms with E-state index in [1.165, 1.54) is 17.0 Å². The van der Waals surface area contributed by atoms with Crippen molar-refractivity contribution in [2.75, 3.05) is 27.5 Å². The first kappa shape index (κ1) is 26.6. The predicted octanol–water partition coefficient (Wildman–Crippen LogP) is 6.33. The number of carbonyl (C=O) groups is 2. The molecule has 1 unspecified atom stereocenters. The number of halogens is 3. The maximum absolute atomic E-state index is 13.6. The predicted molar refractivity (Wildman–Crippen MR) is 145 cm³/mol. The number of urea groups is 1. The lowest BCUT2D eigenvalue weighted by Crippen LogP contribution is -2.48. The van der Waals surface area contributed by atoms with E-state index in [2.05, 4.69) is 25.6 Å². The lowest BCUT2D eigenvalue weighted by Gasteiger charge is -2.39. The van der Waals surface area contributed by atoms with E-state index in [1.807, 2.05) is 19.9 Å². The zero-order valence-electron chi connectivity index (χ0n) is 21.7. The van der Waals surface area contributed by atoms with Crippen LogP contribution in [0.1, 0.15) is 40.0 Å². The quantitative estimate of drug-likeness (QED) is 0.303. The molecular formula is C28H24F3N7O2. The largest absolute Gasteiger partial charge is 0.416 e. The third-order valence-electron chi connectivity index (χ3n) is 6.54. The lowest BCUT2D eigenvalue weighted by atomic mass is 10.0. The molecule has 0 radical (unpaired) electrons. The number of alkyl halides is 3. The molecular weight excluding hydrogens is 523 g/mol. The van der Waals surface area contributed by atoms with Gasteiger partial charge in [0.2, 0.25) is 5.95 Å². The van der Waals surface area contributed by atoms with Crippen LogP contribution in [0.2, 0.25) is 0 Å². The molecule has 3 amide bonds. The first-order valence-electron chi connectivity index (χ1n) is 12.2. The highest BCUT2D eigenvalue weighted by molar-refractivity contribution is 6.08. The fraction of sp³-hybridized carbons (Fsp3) is 0.179. The molecule has 12 heteroatoms. The van der Waals surface area contributed by atoms with Crippen molar-refractivity contribution in [1.82, 2.24) is 15.0 Å². The summed E-state index contributed by atoms with van der Waals surface area (Å²) < 4.78 is 39.3. The van der Waals surface area contributed by atoms with E-state index in [0.717, 1.165) is 17.7 Å². The highest BCUT2D eigenvalue weighted by atomic mass is 19.4. The van der Waals surface area contributed by atoms with Crippen LogP contribution in [0.3, 0.4) is 0 Å². The number of nitrogens with zero attached hydrogens (tertiary/aromatic N) is 5. The molecule has 1 aliphatic heterocycles. The Labute approximate surface area is 227 Å². The van der Waals surface area contributed by atoms with Crippen LogP contribution in [0.5, 0.6) is 0 Å². The van der Waals surface area contributed by atoms with E-state index in [0.29, 0.717) is 34.4 Å². The molecule has 2 aromatic heterocycles. The Kier molecular flexibility index (Phi) is 6.84. The van der Waals surface area contributed by atoms with Gasteiger partial charge in [-0.1, -0.05) is 12.1 Å². The van der Waals surface area contributed by atoms with Crippen molar-refractivity contribution < 1.29 is 22.8 Å². The van der Waals surface area contributed by atoms with E-state index in [9.17, 15) is 22.8 Å². The van der Waals surface area contributed by atoms with Crippen LogP contribution in [-0.2, 0) is 6.18 Å². The molecule has 0 saturated carbocycles. The smallest absolute Gasteiger partial charge is 0.323 e. The summed E-state index contributed by atoms with van der Waals surface area (Å²) >= 11 is 0. The summed E-state index contributed by atoms with van der Waals surface area (Å²) in [6, 6.07) is 11.9. The van der Waals surface area contributed by atoms with Crippen molar-refractivity contribution in [2.45, 2.75) is 26.1 Å². The van der Waals surface area contributed by atoms with Gasteiger partial charge in [0.05, 0.1) is 29.2 Å². The molecule has 3 heterocycles. The van der Waals surface area contributed by atoms with E-state index >= 15 is 0 Å². The molecule has 0 saturated heterocycles. The summed E-state index contributed by atoms with van der Waals surface area (Å²) in [4.78, 5) is 42.3. The molecule has 1 aliphatic rings. The van der Waals surface area contributed by atoms with Crippen LogP contribution in [-0.4, -0.2) is 33.9 Å². The van der Waals surface area contributed by atoms with Gasteiger partial charge in [-0.15, -0.1) is 0 Å². The zero-order chi connectivity index (χ0) is 28.6. The molecule has 0 aliphatic carbocycles. The SMILES string of the molecule is Cc1ccc(NC(=O)c2cccc(C(F)(F)F)c2)cc1N1C(=O)N(C)c2nc(Nc3cccnc3)ncc2C1C. The highest BCUT2D eigenvalue weighted by Crippen LogP contribution is 2.40. The van der Waals surface area contributed by atoms with Crippen molar-refractivity contribution in [3.63, 3.8) is 0 Å². The Morgan fingerprint density at radius 2 is 1.82 bits per heavy atom. The molecule has 2 aromatic carbocycles. The van der Waals surface area contributed by atoms with Crippen LogP contribution >= 0.6 is 0 Å². The van der Waals surface area contributed by atoms with Crippen LogP contribution < -0.4 is 20.4 Å². The van der Waals surface area contributed by atoms with Gasteiger partial charge in [-0.05, 0) is 61.9 Å². The van der Waals surface area contributed by atoms with Crippen molar-refractivity contribution in [1.29, 1.82) is 0 Å². The molecule has 0 fully saturated rings. The van der Waals surface area contributed by atoms with Gasteiger partial charge in [0.15, 0.2) is 0 Å². The Bertz CT molecular complexity index is 1590. The summed E-state index contributed by atoms with van der Waals surface area (Å²) in [6.07, 6.45) is 0.356. The fourth-order valence-corrected chi connectivity index (χ4v) is 4.43. The van der Waals surface area contributed by atoms with Gasteiger partial charge in [0.25, 0.3) is 5.91 Å². The molecule has 0 bridgehead atoms. The topological polar surface area (TPSA) is 103 Å². The minimum atomic E-state index is -4.57. The van der Waals surface area contributed by atoms with Gasteiger partial charge in [0, 0.05) is 36.3 Å². The van der Waals surface area contributed by atoms with Crippen LogP contribution in [0, 0.1) is 6.92 Å². The first-order valence-corrected chi connectivity index (χ1v) is 12.2. The molecule has 5 rings (SSSR count). The lowest BCUT2D eigenvalue weighted by molar-refractivity contribution is -0.137. The van der Waals surface area contributed by atoms with Crippen molar-refractivity contribution in [3.8, 4) is 0 Å². The van der Waals surface area contributed by atoms with Gasteiger partial charge >= 0.3 is 12.2 Å². The van der Waals surface area contributed by atoms with Gasteiger partial charge in [-0.25, -0.2) is 9.78 Å². The average Bonchev–Trinajstić information content (AvgIpc) is 2.93. The molecule has 2 N–H and O–H groups in total. The van der Waals surface area contributed by atoms with Gasteiger partial charge < -0.3 is 10.6 Å². The molecule has 40 heavy (non-hydrogen) atoms. The van der Waals surface area contributed by atoms with Crippen LogP contribution in [0.4, 0.5) is 46.8 Å². The van der Waals surface area contributed by atoms with Crippen molar-refractivity contribution >= 4 is 40.8 Å². The van der Waals surface area contributed by atoms with Crippen LogP contribution in [0.15, 0.2) is 73.2 Å². The Morgan fingerprint density at radius 3 is 2.55 bits per heavy atom. The van der Waals surface area contributed by atoms with Gasteiger partial charge in [-0.2, -0.15) is 18.2 Å². The number of benzene rings is 2. The summed E-state index contributed by atoms with van der Waals surface area (Å²) in [5.41, 5.74) is 1.95. The second-order valence-electron chi connectivity index (χ2n) is 9.26. The maximum Gasteiger partial charge on any atom is 0.416 e. The molecule has 1 atom stereocenters. The monoisotopic (exact) mass is 547 g/mol. The maximum atomic E-state index is 13.6. The Morgan fingerprint density at radius 1 is 1.02 bits per heavy atom. The molecule has 4 aromatic rings. The number of hydrogen-bond acceptors (Lipinski definition) is 6. The Balaban J connectivity index is 1.42. The van der Waals surface area contributed by atoms with E-state index in [4.69, 9.17) is 0 Å². The van der Waals surface area contributed by atoms with Crippen molar-refractivity contribution in [2.24, 2.45) is 0 Å². The summed E-state index contributed by atoms with van der Waals surface area (Å²) in [7, 11) is 1.61. The minimum Gasteiger partial charge on any atom is -0.323 e. The number of pyridine rings is 1. The minimum absolute atomic E-state index is 0.138. The normalized spacial score (nSPS) is 15.1.